The van der Waals surface area contributed by atoms with Gasteiger partial charge in [-0.05, 0) is 45.4 Å². The van der Waals surface area contributed by atoms with Gasteiger partial charge in [0.25, 0.3) is 0 Å². The molecule has 0 aliphatic rings. The number of Topliss-reactive ketones (excluding diaryl/α,β-unsaturated/α-hetero) is 3. The Morgan fingerprint density at radius 2 is 1.19 bits per heavy atom. The van der Waals surface area contributed by atoms with Crippen LogP contribution in [0.3, 0.4) is 0 Å². The first kappa shape index (κ1) is 12.3. The van der Waals surface area contributed by atoms with Crippen LogP contribution in [0.2, 0.25) is 0 Å². The average molecular weight is 218 g/mol. The SMILES string of the molecule is CC(=O)c1cc(C(C)=O)c(C)c(C(C)=O)c1. The zero-order valence-electron chi connectivity index (χ0n) is 9.88. The van der Waals surface area contributed by atoms with Crippen molar-refractivity contribution < 1.29 is 14.4 Å². The molecule has 0 radical (unpaired) electrons. The third kappa shape index (κ3) is 2.24. The fraction of sp³-hybridized carbons (Fsp3) is 0.308. The molecule has 1 aromatic carbocycles. The molecule has 84 valence electrons. The molecule has 0 fully saturated rings. The van der Waals surface area contributed by atoms with Gasteiger partial charge in [0.1, 0.15) is 0 Å². The van der Waals surface area contributed by atoms with E-state index in [4.69, 9.17) is 0 Å². The van der Waals surface area contributed by atoms with Crippen LogP contribution < -0.4 is 0 Å². The molecule has 1 rings (SSSR count). The Kier molecular flexibility index (Phi) is 3.38. The summed E-state index contributed by atoms with van der Waals surface area (Å²) in [6, 6.07) is 3.10. The fourth-order valence-corrected chi connectivity index (χ4v) is 1.65. The Labute approximate surface area is 94.5 Å². The second-order valence-corrected chi connectivity index (χ2v) is 3.86. The lowest BCUT2D eigenvalue weighted by atomic mass is 9.93. The first-order chi connectivity index (χ1) is 7.34. The minimum Gasteiger partial charge on any atom is -0.295 e. The molecule has 0 bridgehead atoms. The van der Waals surface area contributed by atoms with Crippen molar-refractivity contribution in [3.05, 3.63) is 34.4 Å². The Bertz CT molecular complexity index is 449. The van der Waals surface area contributed by atoms with Gasteiger partial charge < -0.3 is 0 Å². The molecular weight excluding hydrogens is 204 g/mol. The summed E-state index contributed by atoms with van der Waals surface area (Å²) >= 11 is 0. The highest BCUT2D eigenvalue weighted by molar-refractivity contribution is 6.06. The van der Waals surface area contributed by atoms with Crippen molar-refractivity contribution in [3.8, 4) is 0 Å². The number of ketones is 3. The Morgan fingerprint density at radius 1 is 0.812 bits per heavy atom. The highest BCUT2D eigenvalue weighted by Gasteiger charge is 2.14. The van der Waals surface area contributed by atoms with Gasteiger partial charge in [-0.3, -0.25) is 14.4 Å². The predicted octanol–water partition coefficient (Wildman–Crippen LogP) is 2.60. The van der Waals surface area contributed by atoms with Crippen molar-refractivity contribution in [1.29, 1.82) is 0 Å². The largest absolute Gasteiger partial charge is 0.295 e. The molecule has 0 saturated carbocycles. The molecule has 0 unspecified atom stereocenters. The Balaban J connectivity index is 3.57. The maximum atomic E-state index is 11.4. The van der Waals surface area contributed by atoms with Crippen LogP contribution in [0.25, 0.3) is 0 Å². The smallest absolute Gasteiger partial charge is 0.160 e. The molecule has 0 aliphatic carbocycles. The summed E-state index contributed by atoms with van der Waals surface area (Å²) in [7, 11) is 0. The van der Waals surface area contributed by atoms with E-state index in [1.54, 1.807) is 19.1 Å². The predicted molar refractivity (Wildman–Crippen MR) is 61.2 cm³/mol. The van der Waals surface area contributed by atoms with E-state index in [1.807, 2.05) is 0 Å². The number of carbonyl (C=O) groups is 3. The summed E-state index contributed by atoms with van der Waals surface area (Å²) in [4.78, 5) is 34.1. The lowest BCUT2D eigenvalue weighted by molar-refractivity contribution is 0.101. The second kappa shape index (κ2) is 4.39. The van der Waals surface area contributed by atoms with E-state index < -0.39 is 0 Å². The monoisotopic (exact) mass is 218 g/mol. The molecule has 0 N–H and O–H groups in total. The maximum absolute atomic E-state index is 11.4. The minimum atomic E-state index is -0.148. The molecule has 0 atom stereocenters. The molecule has 0 heterocycles. The molecular formula is C13H14O3. The first-order valence-electron chi connectivity index (χ1n) is 5.02. The highest BCUT2D eigenvalue weighted by atomic mass is 16.1. The van der Waals surface area contributed by atoms with Crippen molar-refractivity contribution >= 4 is 17.3 Å². The third-order valence-corrected chi connectivity index (χ3v) is 2.57. The number of hydrogen-bond donors (Lipinski definition) is 0. The topological polar surface area (TPSA) is 51.2 Å². The summed E-state index contributed by atoms with van der Waals surface area (Å²) in [5, 5.41) is 0. The van der Waals surface area contributed by atoms with Crippen LogP contribution in [-0.4, -0.2) is 17.3 Å². The van der Waals surface area contributed by atoms with Gasteiger partial charge >= 0.3 is 0 Å². The molecule has 3 heteroatoms. The van der Waals surface area contributed by atoms with Crippen LogP contribution in [0.5, 0.6) is 0 Å². The number of hydrogen-bond acceptors (Lipinski definition) is 3. The van der Waals surface area contributed by atoms with E-state index in [9.17, 15) is 14.4 Å². The van der Waals surface area contributed by atoms with Gasteiger partial charge in [0.15, 0.2) is 17.3 Å². The molecule has 0 aromatic heterocycles. The van der Waals surface area contributed by atoms with Crippen LogP contribution in [0.15, 0.2) is 12.1 Å². The number of rotatable bonds is 3. The molecule has 0 saturated heterocycles. The minimum absolute atomic E-state index is 0.136. The summed E-state index contributed by atoms with van der Waals surface area (Å²) in [5.41, 5.74) is 1.93. The van der Waals surface area contributed by atoms with Crippen molar-refractivity contribution in [2.45, 2.75) is 27.7 Å². The van der Waals surface area contributed by atoms with Gasteiger partial charge in [-0.1, -0.05) is 0 Å². The van der Waals surface area contributed by atoms with Crippen LogP contribution >= 0.6 is 0 Å². The summed E-state index contributed by atoms with van der Waals surface area (Å²) < 4.78 is 0. The van der Waals surface area contributed by atoms with Crippen molar-refractivity contribution in [2.24, 2.45) is 0 Å². The standard InChI is InChI=1S/C13H14O3/c1-7-12(9(3)15)5-11(8(2)14)6-13(7)10(4)16/h5-6H,1-4H3. The van der Waals surface area contributed by atoms with Crippen LogP contribution in [0.4, 0.5) is 0 Å². The number of benzene rings is 1. The molecule has 0 amide bonds. The molecule has 3 nitrogen and oxygen atoms in total. The second-order valence-electron chi connectivity index (χ2n) is 3.86. The zero-order valence-corrected chi connectivity index (χ0v) is 9.88. The summed E-state index contributed by atoms with van der Waals surface area (Å²) in [6.45, 7) is 5.99. The van der Waals surface area contributed by atoms with E-state index in [-0.39, 0.29) is 17.3 Å². The lowest BCUT2D eigenvalue weighted by Crippen LogP contribution is -2.07. The van der Waals surface area contributed by atoms with Gasteiger partial charge in [0, 0.05) is 16.7 Å². The average Bonchev–Trinajstić information content (AvgIpc) is 2.16. The Morgan fingerprint density at radius 3 is 1.44 bits per heavy atom. The number of carbonyl (C=O) groups excluding carboxylic acids is 3. The van der Waals surface area contributed by atoms with Gasteiger partial charge in [-0.15, -0.1) is 0 Å². The normalized spacial score (nSPS) is 10.0. The van der Waals surface area contributed by atoms with Crippen LogP contribution in [0, 0.1) is 6.92 Å². The van der Waals surface area contributed by atoms with Crippen molar-refractivity contribution in [3.63, 3.8) is 0 Å². The molecule has 16 heavy (non-hydrogen) atoms. The highest BCUT2D eigenvalue weighted by Crippen LogP contribution is 2.18. The van der Waals surface area contributed by atoms with Crippen LogP contribution in [0.1, 0.15) is 57.4 Å². The van der Waals surface area contributed by atoms with Gasteiger partial charge in [0.2, 0.25) is 0 Å². The van der Waals surface area contributed by atoms with E-state index >= 15 is 0 Å². The van der Waals surface area contributed by atoms with Gasteiger partial charge in [-0.2, -0.15) is 0 Å². The third-order valence-electron chi connectivity index (χ3n) is 2.57. The van der Waals surface area contributed by atoms with E-state index in [2.05, 4.69) is 0 Å². The van der Waals surface area contributed by atoms with E-state index in [0.29, 0.717) is 22.3 Å². The van der Waals surface area contributed by atoms with Crippen molar-refractivity contribution in [2.75, 3.05) is 0 Å². The van der Waals surface area contributed by atoms with Gasteiger partial charge in [0.05, 0.1) is 0 Å². The zero-order chi connectivity index (χ0) is 12.5. The van der Waals surface area contributed by atoms with E-state index in [1.165, 1.54) is 20.8 Å². The van der Waals surface area contributed by atoms with Crippen LogP contribution in [-0.2, 0) is 0 Å². The maximum Gasteiger partial charge on any atom is 0.160 e. The molecule has 1 aromatic rings. The Hall–Kier alpha value is -1.77. The summed E-state index contributed by atoms with van der Waals surface area (Å²) in [5.74, 6) is -0.420. The first-order valence-corrected chi connectivity index (χ1v) is 5.02. The lowest BCUT2D eigenvalue weighted by Gasteiger charge is -2.09. The summed E-state index contributed by atoms with van der Waals surface area (Å²) in [6.07, 6.45) is 0. The van der Waals surface area contributed by atoms with Crippen molar-refractivity contribution in [1.82, 2.24) is 0 Å². The van der Waals surface area contributed by atoms with E-state index in [0.717, 1.165) is 0 Å². The van der Waals surface area contributed by atoms with Gasteiger partial charge in [-0.25, -0.2) is 0 Å². The molecule has 0 spiro atoms. The fourth-order valence-electron chi connectivity index (χ4n) is 1.65. The quantitative estimate of drug-likeness (QED) is 0.733. The molecule has 0 aliphatic heterocycles.